The van der Waals surface area contributed by atoms with Crippen molar-refractivity contribution in [2.75, 3.05) is 7.11 Å². The normalized spacial score (nSPS) is 10.6. The molecule has 0 saturated heterocycles. The smallest absolute Gasteiger partial charge is 0.178 e. The van der Waals surface area contributed by atoms with Gasteiger partial charge in [0.15, 0.2) is 11.5 Å². The molecule has 1 N–H and O–H groups in total. The molecule has 0 amide bonds. The maximum absolute atomic E-state index is 9.56. The molecule has 1 aromatic carbocycles. The van der Waals surface area contributed by atoms with Gasteiger partial charge in [-0.15, -0.1) is 11.3 Å². The maximum atomic E-state index is 9.56. The predicted molar refractivity (Wildman–Crippen MR) is 57.7 cm³/mol. The molecule has 4 heteroatoms. The van der Waals surface area contributed by atoms with E-state index in [1.54, 1.807) is 24.5 Å². The van der Waals surface area contributed by atoms with Crippen molar-refractivity contribution in [3.05, 3.63) is 22.0 Å². The van der Waals surface area contributed by atoms with Crippen LogP contribution >= 0.6 is 27.3 Å². The van der Waals surface area contributed by atoms with Crippen LogP contribution in [0, 0.1) is 0 Å². The van der Waals surface area contributed by atoms with Gasteiger partial charge in [0.25, 0.3) is 0 Å². The van der Waals surface area contributed by atoms with Crippen LogP contribution in [0.3, 0.4) is 0 Å². The van der Waals surface area contributed by atoms with Gasteiger partial charge >= 0.3 is 0 Å². The molecule has 2 nitrogen and oxygen atoms in total. The number of hydrogen-bond acceptors (Lipinski definition) is 3. The van der Waals surface area contributed by atoms with Gasteiger partial charge in [0.1, 0.15) is 0 Å². The van der Waals surface area contributed by atoms with Crippen molar-refractivity contribution >= 4 is 37.4 Å². The molecule has 0 unspecified atom stereocenters. The second-order valence-corrected chi connectivity index (χ2v) is 4.34. The van der Waals surface area contributed by atoms with Gasteiger partial charge in [0, 0.05) is 9.86 Å². The van der Waals surface area contributed by atoms with Gasteiger partial charge in [0.2, 0.25) is 0 Å². The van der Waals surface area contributed by atoms with Crippen LogP contribution in [0.4, 0.5) is 0 Å². The number of ether oxygens (including phenoxy) is 1. The summed E-state index contributed by atoms with van der Waals surface area (Å²) in [6.07, 6.45) is 0. The summed E-state index contributed by atoms with van der Waals surface area (Å²) in [6, 6.07) is 3.64. The highest BCUT2D eigenvalue weighted by atomic mass is 79.9. The molecule has 2 aromatic rings. The SMILES string of the molecule is COc1c(O)cc(Br)c2ccsc12. The van der Waals surface area contributed by atoms with Crippen LogP contribution in [0.15, 0.2) is 22.0 Å². The van der Waals surface area contributed by atoms with E-state index in [9.17, 15) is 5.11 Å². The van der Waals surface area contributed by atoms with Crippen molar-refractivity contribution in [2.24, 2.45) is 0 Å². The fourth-order valence-electron chi connectivity index (χ4n) is 1.25. The third kappa shape index (κ3) is 1.30. The molecule has 0 saturated carbocycles. The Bertz CT molecular complexity index is 450. The molecule has 0 fully saturated rings. The summed E-state index contributed by atoms with van der Waals surface area (Å²) in [5.74, 6) is 0.720. The van der Waals surface area contributed by atoms with Gasteiger partial charge in [-0.3, -0.25) is 0 Å². The summed E-state index contributed by atoms with van der Waals surface area (Å²) < 4.78 is 6.97. The van der Waals surface area contributed by atoms with Gasteiger partial charge in [-0.2, -0.15) is 0 Å². The lowest BCUT2D eigenvalue weighted by molar-refractivity contribution is 0.378. The average Bonchev–Trinajstić information content (AvgIpc) is 2.53. The highest BCUT2D eigenvalue weighted by Crippen LogP contribution is 2.41. The number of halogens is 1. The van der Waals surface area contributed by atoms with Crippen LogP contribution in [0.5, 0.6) is 11.5 Å². The zero-order chi connectivity index (χ0) is 9.42. The van der Waals surface area contributed by atoms with E-state index < -0.39 is 0 Å². The van der Waals surface area contributed by atoms with Crippen LogP contribution in [0.1, 0.15) is 0 Å². The van der Waals surface area contributed by atoms with Gasteiger partial charge in [-0.1, -0.05) is 0 Å². The molecule has 68 valence electrons. The van der Waals surface area contributed by atoms with Crippen LogP contribution in [-0.2, 0) is 0 Å². The number of methoxy groups -OCH3 is 1. The molecule has 0 radical (unpaired) electrons. The summed E-state index contributed by atoms with van der Waals surface area (Å²) in [5, 5.41) is 12.6. The molecule has 0 atom stereocenters. The molecular formula is C9H7BrO2S. The van der Waals surface area contributed by atoms with Crippen molar-refractivity contribution in [1.82, 2.24) is 0 Å². The number of thiophene rings is 1. The van der Waals surface area contributed by atoms with E-state index in [0.717, 1.165) is 14.6 Å². The van der Waals surface area contributed by atoms with E-state index in [1.165, 1.54) is 0 Å². The summed E-state index contributed by atoms with van der Waals surface area (Å²) >= 11 is 4.93. The monoisotopic (exact) mass is 258 g/mol. The summed E-state index contributed by atoms with van der Waals surface area (Å²) in [7, 11) is 1.56. The Balaban J connectivity index is 2.88. The molecule has 0 aliphatic heterocycles. The minimum atomic E-state index is 0.171. The van der Waals surface area contributed by atoms with Crippen molar-refractivity contribution in [3.8, 4) is 11.5 Å². The first-order valence-corrected chi connectivity index (χ1v) is 5.34. The zero-order valence-electron chi connectivity index (χ0n) is 6.87. The summed E-state index contributed by atoms with van der Waals surface area (Å²) in [4.78, 5) is 0. The first-order chi connectivity index (χ1) is 6.24. The lowest BCUT2D eigenvalue weighted by Gasteiger charge is -2.05. The molecule has 2 rings (SSSR count). The second kappa shape index (κ2) is 3.20. The molecule has 0 aliphatic rings. The lowest BCUT2D eigenvalue weighted by Crippen LogP contribution is -1.83. The molecule has 0 aliphatic carbocycles. The Kier molecular flexibility index (Phi) is 2.17. The van der Waals surface area contributed by atoms with Crippen molar-refractivity contribution in [1.29, 1.82) is 0 Å². The number of benzene rings is 1. The first kappa shape index (κ1) is 8.84. The van der Waals surface area contributed by atoms with Crippen molar-refractivity contribution < 1.29 is 9.84 Å². The maximum Gasteiger partial charge on any atom is 0.178 e. The highest BCUT2D eigenvalue weighted by molar-refractivity contribution is 9.10. The van der Waals surface area contributed by atoms with Crippen molar-refractivity contribution in [3.63, 3.8) is 0 Å². The largest absolute Gasteiger partial charge is 0.504 e. The zero-order valence-corrected chi connectivity index (χ0v) is 9.28. The Labute approximate surface area is 87.9 Å². The van der Waals surface area contributed by atoms with E-state index in [2.05, 4.69) is 15.9 Å². The minimum Gasteiger partial charge on any atom is -0.504 e. The predicted octanol–water partition coefficient (Wildman–Crippen LogP) is 3.38. The average molecular weight is 259 g/mol. The van der Waals surface area contributed by atoms with E-state index in [0.29, 0.717) is 5.75 Å². The quantitative estimate of drug-likeness (QED) is 0.850. The molecule has 0 spiro atoms. The van der Waals surface area contributed by atoms with E-state index in [4.69, 9.17) is 4.74 Å². The van der Waals surface area contributed by atoms with Gasteiger partial charge in [-0.25, -0.2) is 0 Å². The number of phenolic OH excluding ortho intramolecular Hbond substituents is 1. The first-order valence-electron chi connectivity index (χ1n) is 3.66. The Morgan fingerprint density at radius 1 is 1.54 bits per heavy atom. The van der Waals surface area contributed by atoms with Crippen LogP contribution in [0.25, 0.3) is 10.1 Å². The molecule has 1 aromatic heterocycles. The Morgan fingerprint density at radius 3 is 3.00 bits per heavy atom. The van der Waals surface area contributed by atoms with Gasteiger partial charge in [0.05, 0.1) is 11.8 Å². The number of phenols is 1. The van der Waals surface area contributed by atoms with Crippen molar-refractivity contribution in [2.45, 2.75) is 0 Å². The Morgan fingerprint density at radius 2 is 2.31 bits per heavy atom. The third-order valence-corrected chi connectivity index (χ3v) is 3.40. The number of rotatable bonds is 1. The molecular weight excluding hydrogens is 252 g/mol. The minimum absolute atomic E-state index is 0.171. The molecule has 0 bridgehead atoms. The van der Waals surface area contributed by atoms with Gasteiger partial charge < -0.3 is 9.84 Å². The number of aromatic hydroxyl groups is 1. The molecule has 13 heavy (non-hydrogen) atoms. The number of hydrogen-bond donors (Lipinski definition) is 1. The van der Waals surface area contributed by atoms with E-state index in [1.807, 2.05) is 11.4 Å². The topological polar surface area (TPSA) is 29.5 Å². The van der Waals surface area contributed by atoms with Crippen LogP contribution in [-0.4, -0.2) is 12.2 Å². The fourth-order valence-corrected chi connectivity index (χ4v) is 2.87. The number of fused-ring (bicyclic) bond motifs is 1. The van der Waals surface area contributed by atoms with E-state index >= 15 is 0 Å². The highest BCUT2D eigenvalue weighted by Gasteiger charge is 2.11. The third-order valence-electron chi connectivity index (χ3n) is 1.83. The van der Waals surface area contributed by atoms with E-state index in [-0.39, 0.29) is 5.75 Å². The molecule has 1 heterocycles. The standard InChI is InChI=1S/C9H7BrO2S/c1-12-8-7(11)4-6(10)5-2-3-13-9(5)8/h2-4,11H,1H3. The fraction of sp³-hybridized carbons (Fsp3) is 0.111. The summed E-state index contributed by atoms with van der Waals surface area (Å²) in [6.45, 7) is 0. The Hall–Kier alpha value is -0.740. The second-order valence-electron chi connectivity index (χ2n) is 2.57. The lowest BCUT2D eigenvalue weighted by atomic mass is 10.2. The van der Waals surface area contributed by atoms with Crippen LogP contribution in [0.2, 0.25) is 0 Å². The van der Waals surface area contributed by atoms with Gasteiger partial charge in [-0.05, 0) is 33.4 Å². The summed E-state index contributed by atoms with van der Waals surface area (Å²) in [5.41, 5.74) is 0. The van der Waals surface area contributed by atoms with Crippen LogP contribution < -0.4 is 4.74 Å².